The van der Waals surface area contributed by atoms with Crippen molar-refractivity contribution in [3.8, 4) is 6.07 Å². The fourth-order valence-corrected chi connectivity index (χ4v) is 3.44. The molecule has 1 aliphatic rings. The highest BCUT2D eigenvalue weighted by Gasteiger charge is 2.30. The summed E-state index contributed by atoms with van der Waals surface area (Å²) in [6, 6.07) is 2.21. The number of nitrogens with zero attached hydrogens (tertiary/aromatic N) is 1. The number of nitrogen functional groups attached to an aromatic ring is 1. The Balaban J connectivity index is 2.80. The van der Waals surface area contributed by atoms with E-state index < -0.39 is 0 Å². The minimum Gasteiger partial charge on any atom is -0.389 e. The van der Waals surface area contributed by atoms with E-state index in [2.05, 4.69) is 19.9 Å². The number of rotatable bonds is 0. The molecule has 15 heavy (non-hydrogen) atoms. The van der Waals surface area contributed by atoms with Crippen molar-refractivity contribution < 1.29 is 0 Å². The highest BCUT2D eigenvalue weighted by atomic mass is 32.1. The van der Waals surface area contributed by atoms with E-state index >= 15 is 0 Å². The number of nitrogens with two attached hydrogens (primary N) is 1. The van der Waals surface area contributed by atoms with Gasteiger partial charge in [0.1, 0.15) is 11.1 Å². The van der Waals surface area contributed by atoms with Gasteiger partial charge in [-0.05, 0) is 29.4 Å². The second-order valence-electron chi connectivity index (χ2n) is 4.10. The van der Waals surface area contributed by atoms with Crippen LogP contribution in [0.4, 0.5) is 5.00 Å². The van der Waals surface area contributed by atoms with E-state index in [1.165, 1.54) is 16.9 Å². The maximum absolute atomic E-state index is 9.12. The van der Waals surface area contributed by atoms with Gasteiger partial charge in [-0.25, -0.2) is 0 Å². The van der Waals surface area contributed by atoms with Gasteiger partial charge in [0.05, 0.1) is 9.39 Å². The lowest BCUT2D eigenvalue weighted by Gasteiger charge is -2.11. The number of anilines is 1. The maximum Gasteiger partial charge on any atom is 0.105 e. The van der Waals surface area contributed by atoms with E-state index in [4.69, 9.17) is 23.2 Å². The Kier molecular flexibility index (Phi) is 2.53. The predicted molar refractivity (Wildman–Crippen MR) is 65.6 cm³/mol. The minimum atomic E-state index is 0.395. The fourth-order valence-electron chi connectivity index (χ4n) is 2.20. The van der Waals surface area contributed by atoms with Crippen molar-refractivity contribution in [2.24, 2.45) is 5.92 Å². The van der Waals surface area contributed by atoms with Gasteiger partial charge in [0.15, 0.2) is 0 Å². The summed E-state index contributed by atoms with van der Waals surface area (Å²) in [6.07, 6.45) is 0.987. The van der Waals surface area contributed by atoms with Gasteiger partial charge >= 0.3 is 0 Å². The van der Waals surface area contributed by atoms with Crippen LogP contribution in [0.2, 0.25) is 0 Å². The van der Waals surface area contributed by atoms with Crippen LogP contribution in [0, 0.1) is 21.1 Å². The molecule has 1 aliphatic carbocycles. The predicted octanol–water partition coefficient (Wildman–Crippen LogP) is 3.23. The summed E-state index contributed by atoms with van der Waals surface area (Å²) in [7, 11) is 0. The van der Waals surface area contributed by atoms with Crippen molar-refractivity contribution >= 4 is 28.6 Å². The van der Waals surface area contributed by atoms with Crippen LogP contribution in [0.15, 0.2) is 0 Å². The van der Waals surface area contributed by atoms with Crippen molar-refractivity contribution in [3.05, 3.63) is 20.5 Å². The third-order valence-electron chi connectivity index (χ3n) is 3.24. The highest BCUT2D eigenvalue weighted by Crippen LogP contribution is 2.43. The van der Waals surface area contributed by atoms with Gasteiger partial charge < -0.3 is 5.73 Å². The molecule has 2 rings (SSSR count). The van der Waals surface area contributed by atoms with Gasteiger partial charge in [-0.15, -0.1) is 11.3 Å². The van der Waals surface area contributed by atoms with E-state index in [1.54, 1.807) is 0 Å². The molecule has 1 aromatic heterocycles. The topological polar surface area (TPSA) is 49.8 Å². The van der Waals surface area contributed by atoms with E-state index in [0.29, 0.717) is 22.4 Å². The second kappa shape index (κ2) is 3.58. The Bertz CT molecular complexity index is 511. The second-order valence-corrected chi connectivity index (χ2v) is 5.82. The van der Waals surface area contributed by atoms with Crippen molar-refractivity contribution in [1.29, 1.82) is 5.26 Å². The molecular formula is C11H12N2S2. The zero-order valence-electron chi connectivity index (χ0n) is 8.70. The van der Waals surface area contributed by atoms with E-state index in [-0.39, 0.29) is 0 Å². The van der Waals surface area contributed by atoms with E-state index in [0.717, 1.165) is 15.8 Å². The summed E-state index contributed by atoms with van der Waals surface area (Å²) in [5, 5.41) is 9.69. The first-order valence-electron chi connectivity index (χ1n) is 4.91. The molecule has 0 bridgehead atoms. The monoisotopic (exact) mass is 236 g/mol. The molecule has 0 aromatic carbocycles. The van der Waals surface area contributed by atoms with Crippen LogP contribution in [0.25, 0.3) is 0 Å². The number of nitriles is 1. The summed E-state index contributed by atoms with van der Waals surface area (Å²) >= 11 is 6.67. The molecule has 1 heterocycles. The quantitative estimate of drug-likeness (QED) is 0.704. The first kappa shape index (κ1) is 10.6. The molecule has 0 fully saturated rings. The number of hydrogen-bond donors (Lipinski definition) is 1. The van der Waals surface area contributed by atoms with Crippen LogP contribution >= 0.6 is 23.6 Å². The van der Waals surface area contributed by atoms with Gasteiger partial charge in [-0.1, -0.05) is 26.1 Å². The summed E-state index contributed by atoms with van der Waals surface area (Å²) < 4.78 is 0.859. The lowest BCUT2D eigenvalue weighted by atomic mass is 9.94. The smallest absolute Gasteiger partial charge is 0.105 e. The van der Waals surface area contributed by atoms with Crippen LogP contribution in [-0.2, 0) is 6.42 Å². The molecule has 0 saturated heterocycles. The van der Waals surface area contributed by atoms with Crippen molar-refractivity contribution in [2.75, 3.05) is 5.73 Å². The molecule has 2 unspecified atom stereocenters. The van der Waals surface area contributed by atoms with Crippen LogP contribution in [0.3, 0.4) is 0 Å². The molecule has 4 heteroatoms. The molecule has 78 valence electrons. The van der Waals surface area contributed by atoms with Gasteiger partial charge in [0.2, 0.25) is 0 Å². The molecular weight excluding hydrogens is 224 g/mol. The third kappa shape index (κ3) is 1.47. The Labute approximate surface area is 98.4 Å². The van der Waals surface area contributed by atoms with Crippen LogP contribution < -0.4 is 5.73 Å². The van der Waals surface area contributed by atoms with E-state index in [1.807, 2.05) is 0 Å². The summed E-state index contributed by atoms with van der Waals surface area (Å²) in [6.45, 7) is 4.34. The molecule has 0 amide bonds. The van der Waals surface area contributed by atoms with Crippen LogP contribution in [0.1, 0.15) is 36.5 Å². The van der Waals surface area contributed by atoms with E-state index in [9.17, 15) is 0 Å². The van der Waals surface area contributed by atoms with Gasteiger partial charge in [0.25, 0.3) is 0 Å². The van der Waals surface area contributed by atoms with Gasteiger partial charge in [0, 0.05) is 0 Å². The zero-order chi connectivity index (χ0) is 11.2. The molecule has 0 saturated carbocycles. The fraction of sp³-hybridized carbons (Fsp3) is 0.455. The molecule has 0 spiro atoms. The maximum atomic E-state index is 9.12. The molecule has 0 radical (unpaired) electrons. The lowest BCUT2D eigenvalue weighted by molar-refractivity contribution is 0.531. The lowest BCUT2D eigenvalue weighted by Crippen LogP contribution is -2.01. The first-order chi connectivity index (χ1) is 7.06. The highest BCUT2D eigenvalue weighted by molar-refractivity contribution is 7.73. The average Bonchev–Trinajstić information content (AvgIpc) is 2.46. The van der Waals surface area contributed by atoms with Crippen molar-refractivity contribution in [3.63, 3.8) is 0 Å². The van der Waals surface area contributed by atoms with Crippen molar-refractivity contribution in [2.45, 2.75) is 26.2 Å². The summed E-state index contributed by atoms with van der Waals surface area (Å²) in [5.41, 5.74) is 8.78. The van der Waals surface area contributed by atoms with Gasteiger partial charge in [-0.2, -0.15) is 5.26 Å². The average molecular weight is 236 g/mol. The standard InChI is InChI=1S/C11H12N2S2/c1-5-3-7-9(6(5)2)8(4-12)10(13)15-11(7)14/h5-6H,3,13H2,1-2H3. The third-order valence-corrected chi connectivity index (χ3v) is 4.59. The Morgan fingerprint density at radius 3 is 2.80 bits per heavy atom. The Morgan fingerprint density at radius 2 is 2.20 bits per heavy atom. The van der Waals surface area contributed by atoms with Crippen LogP contribution in [0.5, 0.6) is 0 Å². The summed E-state index contributed by atoms with van der Waals surface area (Å²) in [5.74, 6) is 0.954. The molecule has 2 N–H and O–H groups in total. The Hall–Kier alpha value is -0.920. The zero-order valence-corrected chi connectivity index (χ0v) is 10.3. The molecule has 2 nitrogen and oxygen atoms in total. The van der Waals surface area contributed by atoms with Gasteiger partial charge in [-0.3, -0.25) is 0 Å². The number of hydrogen-bond acceptors (Lipinski definition) is 4. The molecule has 1 aromatic rings. The molecule has 0 aliphatic heterocycles. The first-order valence-corrected chi connectivity index (χ1v) is 6.14. The summed E-state index contributed by atoms with van der Waals surface area (Å²) in [4.78, 5) is 0. The molecule has 2 atom stereocenters. The Morgan fingerprint density at radius 1 is 1.53 bits per heavy atom. The SMILES string of the molecule is CC1Cc2c(c(C#N)c(N)sc2=S)C1C. The van der Waals surface area contributed by atoms with Crippen molar-refractivity contribution in [1.82, 2.24) is 0 Å². The van der Waals surface area contributed by atoms with Crippen LogP contribution in [-0.4, -0.2) is 0 Å². The number of fused-ring (bicyclic) bond motifs is 1. The minimum absolute atomic E-state index is 0.395. The largest absolute Gasteiger partial charge is 0.389 e. The normalized spacial score (nSPS) is 23.5.